The van der Waals surface area contributed by atoms with Crippen molar-refractivity contribution in [3.05, 3.63) is 12.2 Å². The summed E-state index contributed by atoms with van der Waals surface area (Å²) in [6.45, 7) is 3.66. The molecular weight excluding hydrogens is 170 g/mol. The number of hydrogen-bond donors (Lipinski definition) is 2. The molecule has 0 bridgehead atoms. The fourth-order valence-corrected chi connectivity index (χ4v) is 1.80. The SMILES string of the molecule is CC1(C)O[C@@H]2[C@@H](O)[C@@H](N)C=C[C@@H]2O1. The van der Waals surface area contributed by atoms with E-state index in [2.05, 4.69) is 0 Å². The molecule has 0 saturated carbocycles. The first-order valence-electron chi connectivity index (χ1n) is 4.47. The van der Waals surface area contributed by atoms with Crippen LogP contribution in [-0.2, 0) is 9.47 Å². The molecule has 1 saturated heterocycles. The second kappa shape index (κ2) is 2.78. The Morgan fingerprint density at radius 3 is 2.69 bits per heavy atom. The van der Waals surface area contributed by atoms with E-state index in [0.717, 1.165) is 0 Å². The zero-order valence-corrected chi connectivity index (χ0v) is 7.81. The maximum atomic E-state index is 9.70. The fraction of sp³-hybridized carbons (Fsp3) is 0.778. The summed E-state index contributed by atoms with van der Waals surface area (Å²) < 4.78 is 11.1. The Kier molecular flexibility index (Phi) is 1.96. The summed E-state index contributed by atoms with van der Waals surface area (Å²) in [5.41, 5.74) is 5.65. The Bertz CT molecular complexity index is 239. The number of aliphatic hydroxyl groups is 1. The lowest BCUT2D eigenvalue weighted by molar-refractivity contribution is -0.153. The van der Waals surface area contributed by atoms with Crippen molar-refractivity contribution >= 4 is 0 Å². The van der Waals surface area contributed by atoms with Crippen LogP contribution in [0.15, 0.2) is 12.2 Å². The van der Waals surface area contributed by atoms with Gasteiger partial charge in [0.25, 0.3) is 0 Å². The van der Waals surface area contributed by atoms with Crippen LogP contribution in [0.5, 0.6) is 0 Å². The third-order valence-electron chi connectivity index (χ3n) is 2.42. The van der Waals surface area contributed by atoms with E-state index in [0.29, 0.717) is 0 Å². The van der Waals surface area contributed by atoms with Crippen LogP contribution in [0, 0.1) is 0 Å². The lowest BCUT2D eigenvalue weighted by Crippen LogP contribution is -2.48. The van der Waals surface area contributed by atoms with E-state index in [9.17, 15) is 5.11 Å². The highest BCUT2D eigenvalue weighted by Gasteiger charge is 2.46. The van der Waals surface area contributed by atoms with Crippen LogP contribution in [0.25, 0.3) is 0 Å². The van der Waals surface area contributed by atoms with Crippen LogP contribution < -0.4 is 5.73 Å². The average molecular weight is 185 g/mol. The fourth-order valence-electron chi connectivity index (χ4n) is 1.80. The quantitative estimate of drug-likeness (QED) is 0.511. The number of nitrogens with two attached hydrogens (primary N) is 1. The summed E-state index contributed by atoms with van der Waals surface area (Å²) in [6.07, 6.45) is 2.46. The van der Waals surface area contributed by atoms with Crippen LogP contribution >= 0.6 is 0 Å². The molecule has 0 radical (unpaired) electrons. The molecule has 4 atom stereocenters. The van der Waals surface area contributed by atoms with E-state index in [4.69, 9.17) is 15.2 Å². The highest BCUT2D eigenvalue weighted by molar-refractivity contribution is 5.12. The van der Waals surface area contributed by atoms with Crippen molar-refractivity contribution in [3.63, 3.8) is 0 Å². The third kappa shape index (κ3) is 1.50. The molecule has 2 aliphatic rings. The van der Waals surface area contributed by atoms with E-state index in [1.165, 1.54) is 0 Å². The minimum Gasteiger partial charge on any atom is -0.388 e. The standard InChI is InChI=1S/C9H15NO3/c1-9(2)12-6-4-3-5(10)7(11)8(6)13-9/h3-8,11H,10H2,1-2H3/t5-,6-,7-,8-/m0/s1. The van der Waals surface area contributed by atoms with E-state index >= 15 is 0 Å². The van der Waals surface area contributed by atoms with Crippen molar-refractivity contribution in [1.29, 1.82) is 0 Å². The number of fused-ring (bicyclic) bond motifs is 1. The van der Waals surface area contributed by atoms with Gasteiger partial charge in [-0.15, -0.1) is 0 Å². The van der Waals surface area contributed by atoms with Gasteiger partial charge in [0.1, 0.15) is 18.3 Å². The topological polar surface area (TPSA) is 64.7 Å². The van der Waals surface area contributed by atoms with Gasteiger partial charge < -0.3 is 20.3 Å². The molecule has 1 aliphatic heterocycles. The normalized spacial score (nSPS) is 47.7. The molecule has 1 aliphatic carbocycles. The lowest BCUT2D eigenvalue weighted by atomic mass is 9.95. The largest absolute Gasteiger partial charge is 0.388 e. The summed E-state index contributed by atoms with van der Waals surface area (Å²) in [6, 6.07) is -0.348. The van der Waals surface area contributed by atoms with Crippen molar-refractivity contribution in [2.75, 3.05) is 0 Å². The number of rotatable bonds is 0. The van der Waals surface area contributed by atoms with Gasteiger partial charge in [-0.25, -0.2) is 0 Å². The Balaban J connectivity index is 2.19. The van der Waals surface area contributed by atoms with Gasteiger partial charge in [0.15, 0.2) is 5.79 Å². The van der Waals surface area contributed by atoms with Crippen molar-refractivity contribution in [1.82, 2.24) is 0 Å². The molecule has 0 unspecified atom stereocenters. The Morgan fingerprint density at radius 1 is 1.31 bits per heavy atom. The van der Waals surface area contributed by atoms with Crippen molar-refractivity contribution in [2.45, 2.75) is 44.0 Å². The van der Waals surface area contributed by atoms with E-state index in [-0.39, 0.29) is 18.2 Å². The third-order valence-corrected chi connectivity index (χ3v) is 2.42. The molecular formula is C9H15NO3. The Morgan fingerprint density at radius 2 is 2.00 bits per heavy atom. The lowest BCUT2D eigenvalue weighted by Gasteiger charge is -2.27. The maximum absolute atomic E-state index is 9.70. The highest BCUT2D eigenvalue weighted by Crippen LogP contribution is 2.33. The predicted octanol–water partition coefficient (Wildman–Crippen LogP) is -0.236. The van der Waals surface area contributed by atoms with Gasteiger partial charge in [0, 0.05) is 0 Å². The first kappa shape index (κ1) is 9.15. The molecule has 4 nitrogen and oxygen atoms in total. The van der Waals surface area contributed by atoms with Crippen LogP contribution in [0.1, 0.15) is 13.8 Å². The summed E-state index contributed by atoms with van der Waals surface area (Å²) in [5, 5.41) is 9.70. The van der Waals surface area contributed by atoms with Gasteiger partial charge in [-0.2, -0.15) is 0 Å². The highest BCUT2D eigenvalue weighted by atomic mass is 16.8. The van der Waals surface area contributed by atoms with Crippen LogP contribution in [-0.4, -0.2) is 35.2 Å². The van der Waals surface area contributed by atoms with Gasteiger partial charge in [-0.3, -0.25) is 0 Å². The molecule has 13 heavy (non-hydrogen) atoms. The second-order valence-corrected chi connectivity index (χ2v) is 4.02. The Labute approximate surface area is 77.3 Å². The summed E-state index contributed by atoms with van der Waals surface area (Å²) in [4.78, 5) is 0. The molecule has 0 aromatic rings. The molecule has 0 spiro atoms. The second-order valence-electron chi connectivity index (χ2n) is 4.02. The van der Waals surface area contributed by atoms with Crippen molar-refractivity contribution in [3.8, 4) is 0 Å². The van der Waals surface area contributed by atoms with E-state index in [1.54, 1.807) is 6.08 Å². The predicted molar refractivity (Wildman–Crippen MR) is 46.9 cm³/mol. The molecule has 1 heterocycles. The van der Waals surface area contributed by atoms with Crippen LogP contribution in [0.3, 0.4) is 0 Å². The summed E-state index contributed by atoms with van der Waals surface area (Å²) in [7, 11) is 0. The van der Waals surface area contributed by atoms with Crippen LogP contribution in [0.4, 0.5) is 0 Å². The first-order valence-corrected chi connectivity index (χ1v) is 4.47. The molecule has 4 heteroatoms. The van der Waals surface area contributed by atoms with E-state index < -0.39 is 11.9 Å². The van der Waals surface area contributed by atoms with Gasteiger partial charge >= 0.3 is 0 Å². The Hall–Kier alpha value is -0.420. The summed E-state index contributed by atoms with van der Waals surface area (Å²) >= 11 is 0. The zero-order valence-electron chi connectivity index (χ0n) is 7.81. The zero-order chi connectivity index (χ0) is 9.64. The number of ether oxygens (including phenoxy) is 2. The molecule has 0 amide bonds. The van der Waals surface area contributed by atoms with E-state index in [1.807, 2.05) is 19.9 Å². The van der Waals surface area contributed by atoms with Crippen molar-refractivity contribution < 1.29 is 14.6 Å². The molecule has 0 aromatic heterocycles. The summed E-state index contributed by atoms with van der Waals surface area (Å²) in [5.74, 6) is -0.620. The monoisotopic (exact) mass is 185 g/mol. The molecule has 74 valence electrons. The molecule has 2 rings (SSSR count). The average Bonchev–Trinajstić information content (AvgIpc) is 2.34. The number of aliphatic hydroxyl groups excluding tert-OH is 1. The van der Waals surface area contributed by atoms with Gasteiger partial charge in [-0.1, -0.05) is 12.2 Å². The van der Waals surface area contributed by atoms with Gasteiger partial charge in [0.2, 0.25) is 0 Å². The molecule has 1 fully saturated rings. The van der Waals surface area contributed by atoms with Gasteiger partial charge in [0.05, 0.1) is 6.04 Å². The van der Waals surface area contributed by atoms with Crippen LogP contribution in [0.2, 0.25) is 0 Å². The van der Waals surface area contributed by atoms with Crippen molar-refractivity contribution in [2.24, 2.45) is 5.73 Å². The first-order chi connectivity index (χ1) is 5.99. The van der Waals surface area contributed by atoms with Gasteiger partial charge in [-0.05, 0) is 13.8 Å². The molecule has 0 aromatic carbocycles. The maximum Gasteiger partial charge on any atom is 0.164 e. The molecule has 3 N–H and O–H groups in total. The number of hydrogen-bond acceptors (Lipinski definition) is 4. The minimum absolute atomic E-state index is 0.162. The smallest absolute Gasteiger partial charge is 0.164 e. The minimum atomic E-state index is -0.670.